The molecule has 102 valence electrons. The van der Waals surface area contributed by atoms with E-state index in [1.54, 1.807) is 0 Å². The zero-order valence-corrected chi connectivity index (χ0v) is 13.2. The van der Waals surface area contributed by atoms with Crippen molar-refractivity contribution >= 4 is 32.8 Å². The van der Waals surface area contributed by atoms with Crippen molar-refractivity contribution in [3.8, 4) is 0 Å². The lowest BCUT2D eigenvalue weighted by Crippen LogP contribution is -2.24. The molecule has 19 heavy (non-hydrogen) atoms. The molecular weight excluding hydrogens is 304 g/mol. The van der Waals surface area contributed by atoms with Crippen LogP contribution in [0.4, 0.5) is 5.82 Å². The van der Waals surface area contributed by atoms with Gasteiger partial charge in [-0.15, -0.1) is 0 Å². The second kappa shape index (κ2) is 6.30. The molecular formula is C14H19BrN4. The summed E-state index contributed by atoms with van der Waals surface area (Å²) >= 11 is 3.46. The molecule has 0 bridgehead atoms. The van der Waals surface area contributed by atoms with Gasteiger partial charge in [0.15, 0.2) is 0 Å². The highest BCUT2D eigenvalue weighted by molar-refractivity contribution is 9.10. The molecule has 0 atom stereocenters. The molecule has 0 amide bonds. The molecule has 1 aromatic heterocycles. The van der Waals surface area contributed by atoms with Crippen molar-refractivity contribution in [2.45, 2.75) is 6.42 Å². The van der Waals surface area contributed by atoms with E-state index in [4.69, 9.17) is 0 Å². The van der Waals surface area contributed by atoms with Gasteiger partial charge in [0.05, 0.1) is 17.2 Å². The van der Waals surface area contributed by atoms with Gasteiger partial charge >= 0.3 is 0 Å². The van der Waals surface area contributed by atoms with Crippen LogP contribution in [0.25, 0.3) is 11.0 Å². The van der Waals surface area contributed by atoms with E-state index in [1.165, 1.54) is 0 Å². The molecule has 0 radical (unpaired) electrons. The first-order valence-electron chi connectivity index (χ1n) is 6.34. The van der Waals surface area contributed by atoms with Crippen molar-refractivity contribution in [3.05, 3.63) is 28.9 Å². The summed E-state index contributed by atoms with van der Waals surface area (Å²) in [4.78, 5) is 13.4. The van der Waals surface area contributed by atoms with E-state index < -0.39 is 0 Å². The highest BCUT2D eigenvalue weighted by Gasteiger charge is 2.05. The number of halogens is 1. The van der Waals surface area contributed by atoms with Gasteiger partial charge in [-0.05, 0) is 45.3 Å². The summed E-state index contributed by atoms with van der Waals surface area (Å²) in [6.45, 7) is 2.06. The third-order valence-electron chi connectivity index (χ3n) is 2.98. The SMILES string of the molecule is CN(C)CCCN(C)c1cnc2ccc(Br)cc2n1. The minimum atomic E-state index is 0.921. The van der Waals surface area contributed by atoms with E-state index in [0.717, 1.165) is 40.8 Å². The van der Waals surface area contributed by atoms with Crippen molar-refractivity contribution in [2.24, 2.45) is 0 Å². The molecule has 0 aliphatic carbocycles. The lowest BCUT2D eigenvalue weighted by atomic mass is 10.3. The maximum Gasteiger partial charge on any atom is 0.147 e. The van der Waals surface area contributed by atoms with Gasteiger partial charge in [0.2, 0.25) is 0 Å². The van der Waals surface area contributed by atoms with Crippen LogP contribution in [-0.2, 0) is 0 Å². The Labute approximate surface area is 122 Å². The van der Waals surface area contributed by atoms with Crippen LogP contribution in [0.5, 0.6) is 0 Å². The molecule has 1 aromatic carbocycles. The molecule has 0 unspecified atom stereocenters. The average molecular weight is 323 g/mol. The van der Waals surface area contributed by atoms with Crippen LogP contribution in [0, 0.1) is 0 Å². The first-order valence-corrected chi connectivity index (χ1v) is 7.14. The average Bonchev–Trinajstić information content (AvgIpc) is 2.37. The number of fused-ring (bicyclic) bond motifs is 1. The molecule has 0 saturated heterocycles. The van der Waals surface area contributed by atoms with E-state index in [1.807, 2.05) is 24.4 Å². The lowest BCUT2D eigenvalue weighted by molar-refractivity contribution is 0.401. The first kappa shape index (κ1) is 14.2. The predicted molar refractivity (Wildman–Crippen MR) is 83.7 cm³/mol. The van der Waals surface area contributed by atoms with Crippen LogP contribution < -0.4 is 4.90 Å². The van der Waals surface area contributed by atoms with Crippen LogP contribution in [0.3, 0.4) is 0 Å². The molecule has 0 aliphatic rings. The number of nitrogens with zero attached hydrogens (tertiary/aromatic N) is 4. The normalized spacial score (nSPS) is 11.2. The summed E-state index contributed by atoms with van der Waals surface area (Å²) in [5.74, 6) is 0.921. The second-order valence-electron chi connectivity index (χ2n) is 4.94. The molecule has 0 aliphatic heterocycles. The number of anilines is 1. The van der Waals surface area contributed by atoms with E-state index in [-0.39, 0.29) is 0 Å². The van der Waals surface area contributed by atoms with Crippen LogP contribution in [0.2, 0.25) is 0 Å². The Kier molecular flexibility index (Phi) is 4.71. The fourth-order valence-electron chi connectivity index (χ4n) is 1.90. The first-order chi connectivity index (χ1) is 9.06. The van der Waals surface area contributed by atoms with Crippen molar-refractivity contribution in [2.75, 3.05) is 39.1 Å². The predicted octanol–water partition coefficient (Wildman–Crippen LogP) is 2.78. The highest BCUT2D eigenvalue weighted by Crippen LogP contribution is 2.19. The smallest absolute Gasteiger partial charge is 0.147 e. The highest BCUT2D eigenvalue weighted by atomic mass is 79.9. The largest absolute Gasteiger partial charge is 0.358 e. The zero-order chi connectivity index (χ0) is 13.8. The standard InChI is InChI=1S/C14H19BrN4/c1-18(2)7-4-8-19(3)14-10-16-12-6-5-11(15)9-13(12)17-14/h5-6,9-10H,4,7-8H2,1-3H3. The minimum Gasteiger partial charge on any atom is -0.358 e. The number of rotatable bonds is 5. The van der Waals surface area contributed by atoms with E-state index in [9.17, 15) is 0 Å². The Balaban J connectivity index is 2.11. The topological polar surface area (TPSA) is 32.3 Å². The van der Waals surface area contributed by atoms with Crippen molar-refractivity contribution in [3.63, 3.8) is 0 Å². The van der Waals surface area contributed by atoms with Crippen LogP contribution in [-0.4, -0.2) is 49.1 Å². The fraction of sp³-hybridized carbons (Fsp3) is 0.429. The van der Waals surface area contributed by atoms with Gasteiger partial charge in [-0.25, -0.2) is 4.98 Å². The number of hydrogen-bond donors (Lipinski definition) is 0. The monoisotopic (exact) mass is 322 g/mol. The summed E-state index contributed by atoms with van der Waals surface area (Å²) in [7, 11) is 6.24. The Bertz CT molecular complexity index is 556. The Morgan fingerprint density at radius 2 is 1.89 bits per heavy atom. The molecule has 1 heterocycles. The molecule has 2 rings (SSSR count). The Hall–Kier alpha value is -1.20. The van der Waals surface area contributed by atoms with E-state index >= 15 is 0 Å². The molecule has 5 heteroatoms. The van der Waals surface area contributed by atoms with Gasteiger partial charge < -0.3 is 9.80 Å². The second-order valence-corrected chi connectivity index (χ2v) is 5.86. The molecule has 0 spiro atoms. The van der Waals surface area contributed by atoms with Gasteiger partial charge in [0, 0.05) is 18.1 Å². The van der Waals surface area contributed by atoms with Crippen molar-refractivity contribution in [1.82, 2.24) is 14.9 Å². The minimum absolute atomic E-state index is 0.921. The lowest BCUT2D eigenvalue weighted by Gasteiger charge is -2.19. The Morgan fingerprint density at radius 3 is 2.63 bits per heavy atom. The van der Waals surface area contributed by atoms with Gasteiger partial charge in [0.1, 0.15) is 5.82 Å². The molecule has 0 fully saturated rings. The van der Waals surface area contributed by atoms with Gasteiger partial charge in [0.25, 0.3) is 0 Å². The quantitative estimate of drug-likeness (QED) is 0.847. The maximum absolute atomic E-state index is 4.65. The maximum atomic E-state index is 4.65. The third kappa shape index (κ3) is 3.88. The van der Waals surface area contributed by atoms with E-state index in [0.29, 0.717) is 0 Å². The molecule has 0 saturated carbocycles. The zero-order valence-electron chi connectivity index (χ0n) is 11.6. The number of aromatic nitrogens is 2. The molecule has 4 nitrogen and oxygen atoms in total. The van der Waals surface area contributed by atoms with Crippen molar-refractivity contribution < 1.29 is 0 Å². The van der Waals surface area contributed by atoms with Crippen LogP contribution in [0.1, 0.15) is 6.42 Å². The summed E-state index contributed by atoms with van der Waals surface area (Å²) < 4.78 is 1.03. The number of benzene rings is 1. The van der Waals surface area contributed by atoms with E-state index in [2.05, 4.69) is 56.8 Å². The molecule has 2 aromatic rings. The summed E-state index contributed by atoms with van der Waals surface area (Å²) in [6, 6.07) is 5.96. The van der Waals surface area contributed by atoms with Crippen molar-refractivity contribution in [1.29, 1.82) is 0 Å². The van der Waals surface area contributed by atoms with Crippen LogP contribution in [0.15, 0.2) is 28.9 Å². The molecule has 0 N–H and O–H groups in total. The van der Waals surface area contributed by atoms with Gasteiger partial charge in [-0.2, -0.15) is 0 Å². The Morgan fingerprint density at radius 1 is 1.11 bits per heavy atom. The summed E-state index contributed by atoms with van der Waals surface area (Å²) in [5, 5.41) is 0. The van der Waals surface area contributed by atoms with Crippen LogP contribution >= 0.6 is 15.9 Å². The van der Waals surface area contributed by atoms with Gasteiger partial charge in [-0.3, -0.25) is 4.98 Å². The third-order valence-corrected chi connectivity index (χ3v) is 3.47. The van der Waals surface area contributed by atoms with Gasteiger partial charge in [-0.1, -0.05) is 15.9 Å². The summed E-state index contributed by atoms with van der Waals surface area (Å²) in [5.41, 5.74) is 1.85. The fourth-order valence-corrected chi connectivity index (χ4v) is 2.25. The number of hydrogen-bond acceptors (Lipinski definition) is 4. The summed E-state index contributed by atoms with van der Waals surface area (Å²) in [6.07, 6.45) is 2.95.